The fourth-order valence-corrected chi connectivity index (χ4v) is 2.85. The summed E-state index contributed by atoms with van der Waals surface area (Å²) in [7, 11) is 1.81. The number of nitrogens with one attached hydrogen (secondary N) is 1. The van der Waals surface area contributed by atoms with E-state index < -0.39 is 0 Å². The molecular weight excluding hydrogens is 334 g/mol. The number of piperidine rings is 1. The van der Waals surface area contributed by atoms with Crippen LogP contribution in [-0.4, -0.2) is 50.4 Å². The number of nitrogens with zero attached hydrogens (tertiary/aromatic N) is 4. The Balaban J connectivity index is 1.50. The van der Waals surface area contributed by atoms with E-state index in [1.807, 2.05) is 11.9 Å². The number of hydrogen-bond donors (Lipinski definition) is 1. The lowest BCUT2D eigenvalue weighted by Gasteiger charge is -2.31. The van der Waals surface area contributed by atoms with Crippen molar-refractivity contribution in [2.24, 2.45) is 7.05 Å². The maximum absolute atomic E-state index is 12.5. The quantitative estimate of drug-likeness (QED) is 0.882. The van der Waals surface area contributed by atoms with Crippen LogP contribution in [-0.2, 0) is 11.8 Å². The minimum absolute atomic E-state index is 0.00223. The zero-order chi connectivity index (χ0) is 18.5. The highest BCUT2D eigenvalue weighted by Gasteiger charge is 2.26. The number of ether oxygens (including phenoxy) is 1. The van der Waals surface area contributed by atoms with Crippen LogP contribution in [0.1, 0.15) is 36.7 Å². The van der Waals surface area contributed by atoms with Gasteiger partial charge in [0.15, 0.2) is 0 Å². The molecule has 0 atom stereocenters. The summed E-state index contributed by atoms with van der Waals surface area (Å²) in [6.07, 6.45) is 6.75. The van der Waals surface area contributed by atoms with Crippen LogP contribution >= 0.6 is 0 Å². The zero-order valence-corrected chi connectivity index (χ0v) is 15.0. The third-order valence-corrected chi connectivity index (χ3v) is 4.39. The standard InChI is InChI=1S/C18H23N5O3/c1-3-16(24)21-13-4-5-17(20-10-13)26-14-6-8-23(9-7-14)18(25)15-11-19-12-22(15)2/h4-5,10-12,14H,3,6-9H2,1-2H3,(H,21,24). The summed E-state index contributed by atoms with van der Waals surface area (Å²) in [5, 5.41) is 2.75. The van der Waals surface area contributed by atoms with Crippen molar-refractivity contribution in [3.8, 4) is 5.88 Å². The maximum atomic E-state index is 12.5. The van der Waals surface area contributed by atoms with Crippen molar-refractivity contribution in [2.45, 2.75) is 32.3 Å². The van der Waals surface area contributed by atoms with Gasteiger partial charge in [0.25, 0.3) is 5.91 Å². The van der Waals surface area contributed by atoms with Crippen molar-refractivity contribution < 1.29 is 14.3 Å². The first-order valence-corrected chi connectivity index (χ1v) is 8.75. The molecule has 0 unspecified atom stereocenters. The van der Waals surface area contributed by atoms with Gasteiger partial charge in [-0.2, -0.15) is 0 Å². The number of pyridine rings is 1. The fraction of sp³-hybridized carbons (Fsp3) is 0.444. The van der Waals surface area contributed by atoms with E-state index in [0.717, 1.165) is 12.8 Å². The van der Waals surface area contributed by atoms with Gasteiger partial charge >= 0.3 is 0 Å². The van der Waals surface area contributed by atoms with Crippen LogP contribution in [0.4, 0.5) is 5.69 Å². The molecule has 1 fully saturated rings. The first-order chi connectivity index (χ1) is 12.6. The van der Waals surface area contributed by atoms with E-state index in [0.29, 0.717) is 36.8 Å². The van der Waals surface area contributed by atoms with Gasteiger partial charge in [-0.3, -0.25) is 9.59 Å². The third kappa shape index (κ3) is 4.19. The molecule has 0 saturated carbocycles. The first kappa shape index (κ1) is 17.9. The van der Waals surface area contributed by atoms with Crippen molar-refractivity contribution in [1.82, 2.24) is 19.4 Å². The minimum Gasteiger partial charge on any atom is -0.474 e. The molecule has 8 heteroatoms. The topological polar surface area (TPSA) is 89.4 Å². The summed E-state index contributed by atoms with van der Waals surface area (Å²) in [5.41, 5.74) is 1.25. The van der Waals surface area contributed by atoms with Crippen LogP contribution in [0.15, 0.2) is 30.9 Å². The highest BCUT2D eigenvalue weighted by molar-refractivity contribution is 5.92. The van der Waals surface area contributed by atoms with Crippen LogP contribution in [0.25, 0.3) is 0 Å². The zero-order valence-electron chi connectivity index (χ0n) is 15.0. The van der Waals surface area contributed by atoms with Gasteiger partial charge in [-0.25, -0.2) is 9.97 Å². The second-order valence-corrected chi connectivity index (χ2v) is 6.29. The summed E-state index contributed by atoms with van der Waals surface area (Å²) < 4.78 is 7.63. The van der Waals surface area contributed by atoms with Crippen LogP contribution in [0.5, 0.6) is 5.88 Å². The summed E-state index contributed by atoms with van der Waals surface area (Å²) in [6.45, 7) is 3.07. The van der Waals surface area contributed by atoms with Gasteiger partial charge in [0.1, 0.15) is 11.8 Å². The highest BCUT2D eigenvalue weighted by atomic mass is 16.5. The number of anilines is 1. The molecule has 0 aliphatic carbocycles. The van der Waals surface area contributed by atoms with Crippen molar-refractivity contribution in [3.63, 3.8) is 0 Å². The Labute approximate surface area is 152 Å². The van der Waals surface area contributed by atoms with Crippen LogP contribution in [0, 0.1) is 0 Å². The lowest BCUT2D eigenvalue weighted by atomic mass is 10.1. The third-order valence-electron chi connectivity index (χ3n) is 4.39. The molecule has 2 aromatic heterocycles. The Morgan fingerprint density at radius 3 is 2.62 bits per heavy atom. The summed E-state index contributed by atoms with van der Waals surface area (Å²) in [4.78, 5) is 33.9. The molecule has 2 aromatic rings. The molecule has 1 N–H and O–H groups in total. The van der Waals surface area contributed by atoms with E-state index in [1.54, 1.807) is 42.3 Å². The van der Waals surface area contributed by atoms with Gasteiger partial charge in [-0.15, -0.1) is 0 Å². The monoisotopic (exact) mass is 357 g/mol. The predicted octanol–water partition coefficient (Wildman–Crippen LogP) is 1.85. The van der Waals surface area contributed by atoms with Gasteiger partial charge < -0.3 is 19.5 Å². The SMILES string of the molecule is CCC(=O)Nc1ccc(OC2CCN(C(=O)c3cncn3C)CC2)nc1. The maximum Gasteiger partial charge on any atom is 0.272 e. The van der Waals surface area contributed by atoms with E-state index in [-0.39, 0.29) is 17.9 Å². The molecule has 26 heavy (non-hydrogen) atoms. The van der Waals surface area contributed by atoms with E-state index >= 15 is 0 Å². The fourth-order valence-electron chi connectivity index (χ4n) is 2.85. The molecule has 2 amide bonds. The number of carbonyl (C=O) groups is 2. The van der Waals surface area contributed by atoms with Crippen molar-refractivity contribution >= 4 is 17.5 Å². The smallest absolute Gasteiger partial charge is 0.272 e. The molecule has 0 aromatic carbocycles. The van der Waals surface area contributed by atoms with E-state index in [9.17, 15) is 9.59 Å². The lowest BCUT2D eigenvalue weighted by Crippen LogP contribution is -2.42. The second kappa shape index (κ2) is 7.99. The summed E-state index contributed by atoms with van der Waals surface area (Å²) in [5.74, 6) is 0.472. The molecule has 3 heterocycles. The number of carbonyl (C=O) groups excluding carboxylic acids is 2. The average molecular weight is 357 g/mol. The van der Waals surface area contributed by atoms with Gasteiger partial charge in [-0.1, -0.05) is 6.92 Å². The Morgan fingerprint density at radius 2 is 2.04 bits per heavy atom. The number of hydrogen-bond acceptors (Lipinski definition) is 5. The van der Waals surface area contributed by atoms with Crippen LogP contribution in [0.3, 0.4) is 0 Å². The first-order valence-electron chi connectivity index (χ1n) is 8.75. The van der Waals surface area contributed by atoms with Crippen molar-refractivity contribution in [2.75, 3.05) is 18.4 Å². The molecule has 0 spiro atoms. The van der Waals surface area contributed by atoms with Crippen molar-refractivity contribution in [3.05, 3.63) is 36.5 Å². The Morgan fingerprint density at radius 1 is 1.27 bits per heavy atom. The van der Waals surface area contributed by atoms with E-state index in [4.69, 9.17) is 4.74 Å². The predicted molar refractivity (Wildman–Crippen MR) is 95.9 cm³/mol. The Bertz CT molecular complexity index is 763. The van der Waals surface area contributed by atoms with Gasteiger partial charge in [0, 0.05) is 45.5 Å². The number of likely N-dealkylation sites (tertiary alicyclic amines) is 1. The number of aryl methyl sites for hydroxylation is 1. The molecule has 1 saturated heterocycles. The molecule has 1 aliphatic rings. The Hall–Kier alpha value is -2.90. The molecule has 0 radical (unpaired) electrons. The molecule has 1 aliphatic heterocycles. The Kier molecular flexibility index (Phi) is 5.50. The van der Waals surface area contributed by atoms with E-state index in [1.165, 1.54) is 0 Å². The van der Waals surface area contributed by atoms with Crippen molar-refractivity contribution in [1.29, 1.82) is 0 Å². The average Bonchev–Trinajstić information content (AvgIpc) is 3.09. The number of amides is 2. The van der Waals surface area contributed by atoms with Gasteiger partial charge in [0.05, 0.1) is 24.4 Å². The normalized spacial score (nSPS) is 14.9. The lowest BCUT2D eigenvalue weighted by molar-refractivity contribution is -0.115. The van der Waals surface area contributed by atoms with Crippen LogP contribution in [0.2, 0.25) is 0 Å². The number of aromatic nitrogens is 3. The molecule has 8 nitrogen and oxygen atoms in total. The molecular formula is C18H23N5O3. The summed E-state index contributed by atoms with van der Waals surface area (Å²) in [6, 6.07) is 3.52. The largest absolute Gasteiger partial charge is 0.474 e. The number of rotatable bonds is 5. The van der Waals surface area contributed by atoms with Crippen LogP contribution < -0.4 is 10.1 Å². The van der Waals surface area contributed by atoms with E-state index in [2.05, 4.69) is 15.3 Å². The molecule has 3 rings (SSSR count). The number of imidazole rings is 1. The van der Waals surface area contributed by atoms with Gasteiger partial charge in [-0.05, 0) is 6.07 Å². The second-order valence-electron chi connectivity index (χ2n) is 6.29. The molecule has 138 valence electrons. The highest BCUT2D eigenvalue weighted by Crippen LogP contribution is 2.20. The minimum atomic E-state index is -0.0501. The summed E-state index contributed by atoms with van der Waals surface area (Å²) >= 11 is 0. The van der Waals surface area contributed by atoms with Gasteiger partial charge in [0.2, 0.25) is 11.8 Å². The molecule has 0 bridgehead atoms.